The minimum absolute atomic E-state index is 0.0133. The summed E-state index contributed by atoms with van der Waals surface area (Å²) in [6, 6.07) is 2.93. The first-order valence-electron chi connectivity index (χ1n) is 10.3. The molecule has 0 radical (unpaired) electrons. The molecule has 3 rings (SSSR count). The quantitative estimate of drug-likeness (QED) is 0.500. The van der Waals surface area contributed by atoms with Crippen LogP contribution in [0.25, 0.3) is 0 Å². The fraction of sp³-hybridized carbons (Fsp3) is 0.476. The second-order valence-electron chi connectivity index (χ2n) is 7.53. The summed E-state index contributed by atoms with van der Waals surface area (Å²) in [4.78, 5) is 38.7. The largest absolute Gasteiger partial charge is 0.495 e. The van der Waals surface area contributed by atoms with Crippen molar-refractivity contribution in [1.29, 1.82) is 0 Å². The van der Waals surface area contributed by atoms with Crippen LogP contribution in [0.5, 0.6) is 11.5 Å². The molecule has 1 aromatic heterocycles. The van der Waals surface area contributed by atoms with Crippen molar-refractivity contribution in [1.82, 2.24) is 14.9 Å². The molecular formula is C21H25Cl2N3O7. The number of halogens is 2. The third kappa shape index (κ3) is 5.70. The number of carbonyl (C=O) groups excluding carboxylic acids is 1. The Morgan fingerprint density at radius 2 is 2.03 bits per heavy atom. The lowest BCUT2D eigenvalue weighted by Gasteiger charge is -2.20. The summed E-state index contributed by atoms with van der Waals surface area (Å²) in [5.74, 6) is 0.108. The lowest BCUT2D eigenvalue weighted by Crippen LogP contribution is -2.42. The number of aliphatic hydroxyl groups is 1. The van der Waals surface area contributed by atoms with Gasteiger partial charge in [0.15, 0.2) is 6.10 Å². The van der Waals surface area contributed by atoms with E-state index in [2.05, 4.69) is 10.3 Å². The number of methoxy groups -OCH3 is 1. The lowest BCUT2D eigenvalue weighted by atomic mass is 10.1. The number of carbonyl (C=O) groups is 1. The third-order valence-corrected chi connectivity index (χ3v) is 5.88. The number of nitrogens with zero attached hydrogens (tertiary/aromatic N) is 1. The molecule has 2 aromatic rings. The maximum absolute atomic E-state index is 12.5. The molecule has 0 aliphatic carbocycles. The topological polar surface area (TPSA) is 132 Å². The van der Waals surface area contributed by atoms with Gasteiger partial charge >= 0.3 is 5.69 Å². The van der Waals surface area contributed by atoms with E-state index in [0.717, 1.165) is 0 Å². The molecule has 0 saturated carbocycles. The van der Waals surface area contributed by atoms with E-state index < -0.39 is 41.7 Å². The van der Waals surface area contributed by atoms with Crippen LogP contribution in [0.15, 0.2) is 27.9 Å². The predicted octanol–water partition coefficient (Wildman–Crippen LogP) is 1.65. The van der Waals surface area contributed by atoms with Crippen molar-refractivity contribution in [3.8, 4) is 11.5 Å². The molecule has 10 nitrogen and oxygen atoms in total. The molecule has 1 aromatic carbocycles. The van der Waals surface area contributed by atoms with Crippen molar-refractivity contribution >= 4 is 29.1 Å². The second kappa shape index (κ2) is 10.6. The van der Waals surface area contributed by atoms with Gasteiger partial charge in [0.25, 0.3) is 11.5 Å². The van der Waals surface area contributed by atoms with E-state index in [4.69, 9.17) is 37.4 Å². The molecule has 1 unspecified atom stereocenters. The lowest BCUT2D eigenvalue weighted by molar-refractivity contribution is -0.128. The van der Waals surface area contributed by atoms with Crippen LogP contribution in [0.3, 0.4) is 0 Å². The van der Waals surface area contributed by atoms with E-state index >= 15 is 0 Å². The molecule has 12 heteroatoms. The maximum Gasteiger partial charge on any atom is 0.330 e. The highest BCUT2D eigenvalue weighted by molar-refractivity contribution is 6.36. The van der Waals surface area contributed by atoms with Crippen molar-refractivity contribution in [3.05, 3.63) is 54.8 Å². The van der Waals surface area contributed by atoms with Crippen molar-refractivity contribution in [3.63, 3.8) is 0 Å². The van der Waals surface area contributed by atoms with Crippen LogP contribution in [0.2, 0.25) is 10.0 Å². The minimum Gasteiger partial charge on any atom is -0.495 e. The molecule has 3 N–H and O–H groups in total. The Balaban J connectivity index is 1.61. The van der Waals surface area contributed by atoms with Gasteiger partial charge in [0.05, 0.1) is 23.3 Å². The van der Waals surface area contributed by atoms with Crippen molar-refractivity contribution < 1.29 is 24.1 Å². The van der Waals surface area contributed by atoms with Gasteiger partial charge in [-0.1, -0.05) is 30.1 Å². The van der Waals surface area contributed by atoms with Gasteiger partial charge < -0.3 is 24.6 Å². The summed E-state index contributed by atoms with van der Waals surface area (Å²) in [5.41, 5.74) is -0.655. The minimum atomic E-state index is -0.926. The molecule has 180 valence electrons. The normalized spacial score (nSPS) is 21.0. The zero-order chi connectivity index (χ0) is 24.3. The van der Waals surface area contributed by atoms with E-state index in [1.807, 2.05) is 0 Å². The van der Waals surface area contributed by atoms with Crippen LogP contribution < -0.4 is 26.0 Å². The van der Waals surface area contributed by atoms with Gasteiger partial charge in [0.2, 0.25) is 0 Å². The second-order valence-corrected chi connectivity index (χ2v) is 8.34. The van der Waals surface area contributed by atoms with Crippen LogP contribution in [-0.2, 0) is 16.0 Å². The van der Waals surface area contributed by atoms with Crippen LogP contribution >= 0.6 is 23.2 Å². The summed E-state index contributed by atoms with van der Waals surface area (Å²) in [6.07, 6.45) is -1.38. The highest BCUT2D eigenvalue weighted by Gasteiger charge is 2.36. The number of hydrogen-bond acceptors (Lipinski definition) is 7. The van der Waals surface area contributed by atoms with E-state index in [1.54, 1.807) is 6.92 Å². The zero-order valence-corrected chi connectivity index (χ0v) is 19.8. The molecule has 1 fully saturated rings. The number of ether oxygens (including phenoxy) is 3. The monoisotopic (exact) mass is 501 g/mol. The Morgan fingerprint density at radius 3 is 2.70 bits per heavy atom. The van der Waals surface area contributed by atoms with Gasteiger partial charge in [-0.15, -0.1) is 0 Å². The first kappa shape index (κ1) is 25.1. The number of amides is 1. The summed E-state index contributed by atoms with van der Waals surface area (Å²) in [6.45, 7) is 3.31. The van der Waals surface area contributed by atoms with Gasteiger partial charge in [0.1, 0.15) is 23.8 Å². The van der Waals surface area contributed by atoms with Gasteiger partial charge in [-0.25, -0.2) is 4.79 Å². The molecule has 1 saturated heterocycles. The van der Waals surface area contributed by atoms with Gasteiger partial charge in [-0.2, -0.15) is 0 Å². The molecule has 1 aliphatic rings. The fourth-order valence-electron chi connectivity index (χ4n) is 3.41. The summed E-state index contributed by atoms with van der Waals surface area (Å²) < 4.78 is 17.8. The molecule has 33 heavy (non-hydrogen) atoms. The molecule has 0 spiro atoms. The summed E-state index contributed by atoms with van der Waals surface area (Å²) >= 11 is 12.1. The first-order valence-corrected chi connectivity index (χ1v) is 11.0. The SMILES string of the molecule is CCc1cn([C@H]2C[C@H](O)[C@@H](CNC(=O)C(C)Oc3cc(OC)c(Cl)cc3Cl)O2)c(=O)[nH]c1=O. The van der Waals surface area contributed by atoms with Crippen molar-refractivity contribution in [2.24, 2.45) is 0 Å². The van der Waals surface area contributed by atoms with E-state index in [9.17, 15) is 19.5 Å². The predicted molar refractivity (Wildman–Crippen MR) is 121 cm³/mol. The Hall–Kier alpha value is -2.53. The highest BCUT2D eigenvalue weighted by atomic mass is 35.5. The molecule has 1 amide bonds. The fourth-order valence-corrected chi connectivity index (χ4v) is 3.91. The van der Waals surface area contributed by atoms with Crippen LogP contribution in [0.1, 0.15) is 32.1 Å². The number of aromatic nitrogens is 2. The highest BCUT2D eigenvalue weighted by Crippen LogP contribution is 2.36. The molecule has 1 aliphatic heterocycles. The Kier molecular flexibility index (Phi) is 8.06. The first-order chi connectivity index (χ1) is 15.6. The third-order valence-electron chi connectivity index (χ3n) is 5.29. The van der Waals surface area contributed by atoms with Crippen molar-refractivity contribution in [2.75, 3.05) is 13.7 Å². The van der Waals surface area contributed by atoms with Crippen LogP contribution in [0.4, 0.5) is 0 Å². The molecule has 2 heterocycles. The average molecular weight is 502 g/mol. The van der Waals surface area contributed by atoms with Gasteiger partial charge in [0, 0.05) is 30.8 Å². The van der Waals surface area contributed by atoms with Gasteiger partial charge in [-0.3, -0.25) is 19.1 Å². The number of aromatic amines is 1. The van der Waals surface area contributed by atoms with E-state index in [0.29, 0.717) is 22.8 Å². The number of benzene rings is 1. The molecule has 4 atom stereocenters. The van der Waals surface area contributed by atoms with E-state index in [1.165, 1.54) is 36.9 Å². The standard InChI is InChI=1S/C21H25Cl2N3O7/c1-4-11-9-26(21(30)25-20(11)29)18-6-14(27)17(33-18)8-24-19(28)10(2)32-16-7-15(31-3)12(22)5-13(16)23/h5,7,9-10,14,17-18,27H,4,6,8H2,1-3H3,(H,24,28)(H,25,29,30)/t10?,14-,17+,18+/m0/s1. The van der Waals surface area contributed by atoms with Gasteiger partial charge in [-0.05, 0) is 19.4 Å². The molecular weight excluding hydrogens is 477 g/mol. The summed E-state index contributed by atoms with van der Waals surface area (Å²) in [5, 5.41) is 13.5. The number of nitrogens with one attached hydrogen (secondary N) is 2. The Labute approximate surface area is 199 Å². The number of aryl methyl sites for hydroxylation is 1. The number of aliphatic hydroxyl groups excluding tert-OH is 1. The van der Waals surface area contributed by atoms with Crippen LogP contribution in [-0.4, -0.2) is 52.5 Å². The smallest absolute Gasteiger partial charge is 0.330 e. The summed E-state index contributed by atoms with van der Waals surface area (Å²) in [7, 11) is 1.44. The maximum atomic E-state index is 12.5. The number of rotatable bonds is 8. The van der Waals surface area contributed by atoms with Crippen LogP contribution in [0, 0.1) is 0 Å². The zero-order valence-electron chi connectivity index (χ0n) is 18.3. The Bertz CT molecular complexity index is 1130. The Morgan fingerprint density at radius 1 is 1.33 bits per heavy atom. The number of hydrogen-bond donors (Lipinski definition) is 3. The average Bonchev–Trinajstić information content (AvgIpc) is 3.14. The molecule has 0 bridgehead atoms. The van der Waals surface area contributed by atoms with E-state index in [-0.39, 0.29) is 23.7 Å². The van der Waals surface area contributed by atoms with Crippen molar-refractivity contribution in [2.45, 2.75) is 51.2 Å². The number of H-pyrrole nitrogens is 1.